The number of benzene rings is 1. The lowest BCUT2D eigenvalue weighted by Crippen LogP contribution is -2.01. The average molecular weight is 370 g/mol. The van der Waals surface area contributed by atoms with Gasteiger partial charge in [0.2, 0.25) is 5.71 Å². The molecule has 1 aromatic rings. The lowest BCUT2D eigenvalue weighted by Gasteiger charge is -2.14. The molecular weight excluding hydrogens is 360 g/mol. The summed E-state index contributed by atoms with van der Waals surface area (Å²) in [4.78, 5) is 0. The molecule has 1 aromatic carbocycles. The second-order valence-corrected chi connectivity index (χ2v) is 5.57. The maximum atomic E-state index is 8.63. The number of rotatable bonds is 3. The molecule has 0 aromatic heterocycles. The Bertz CT molecular complexity index is 549. The molecule has 0 amide bonds. The normalized spacial score (nSPS) is 9.50. The summed E-state index contributed by atoms with van der Waals surface area (Å²) >= 11 is 6.86. The Labute approximate surface area is 123 Å². The third kappa shape index (κ3) is 3.56. The fourth-order valence-electron chi connectivity index (χ4n) is 1.35. The maximum absolute atomic E-state index is 8.63. The second kappa shape index (κ2) is 6.53. The Morgan fingerprint density at radius 1 is 1.28 bits per heavy atom. The molecule has 0 spiro atoms. The van der Waals surface area contributed by atoms with Gasteiger partial charge in [-0.15, -0.1) is 0 Å². The first-order chi connectivity index (χ1) is 8.49. The molecule has 0 saturated carbocycles. The Balaban J connectivity index is 3.21. The number of anilines is 1. The van der Waals surface area contributed by atoms with E-state index in [4.69, 9.17) is 10.5 Å². The molecule has 1 N–H and O–H groups in total. The number of halogens is 2. The highest BCUT2D eigenvalue weighted by atomic mass is 79.9. The fraction of sp³-hybridized carbons (Fsp3) is 0.250. The highest BCUT2D eigenvalue weighted by Gasteiger charge is 2.11. The van der Waals surface area contributed by atoms with Crippen molar-refractivity contribution in [1.29, 1.82) is 10.5 Å². The van der Waals surface area contributed by atoms with Gasteiger partial charge in [-0.2, -0.15) is 15.6 Å². The molecular formula is C12H10Br2N4. The molecule has 1 rings (SSSR count). The predicted molar refractivity (Wildman–Crippen MR) is 78.2 cm³/mol. The van der Waals surface area contributed by atoms with E-state index >= 15 is 0 Å². The number of hydrogen-bond acceptors (Lipinski definition) is 4. The van der Waals surface area contributed by atoms with Crippen molar-refractivity contribution in [3.8, 4) is 12.1 Å². The Morgan fingerprint density at radius 3 is 2.39 bits per heavy atom. The van der Waals surface area contributed by atoms with Gasteiger partial charge in [0.05, 0.1) is 5.69 Å². The molecule has 0 aliphatic heterocycles. The fourth-order valence-corrected chi connectivity index (χ4v) is 2.70. The van der Waals surface area contributed by atoms with Crippen molar-refractivity contribution >= 4 is 43.3 Å². The van der Waals surface area contributed by atoms with Crippen LogP contribution >= 0.6 is 31.9 Å². The van der Waals surface area contributed by atoms with Gasteiger partial charge in [0.15, 0.2) is 0 Å². The van der Waals surface area contributed by atoms with Crippen LogP contribution in [0, 0.1) is 22.7 Å². The van der Waals surface area contributed by atoms with Crippen LogP contribution in [0.4, 0.5) is 5.69 Å². The van der Waals surface area contributed by atoms with E-state index in [9.17, 15) is 0 Å². The summed E-state index contributed by atoms with van der Waals surface area (Å²) in [5, 5.41) is 21.0. The monoisotopic (exact) mass is 368 g/mol. The standard InChI is InChI=1S/C12H10Br2N4/c1-7(2)10-3-8(13)4-11(14)12(10)18-17-9(5-15)6-16/h3-4,7,18H,1-2H3. The topological polar surface area (TPSA) is 72.0 Å². The van der Waals surface area contributed by atoms with Gasteiger partial charge in [0.1, 0.15) is 12.1 Å². The van der Waals surface area contributed by atoms with Crippen molar-refractivity contribution in [2.75, 3.05) is 5.43 Å². The SMILES string of the molecule is CC(C)c1cc(Br)cc(Br)c1NN=C(C#N)C#N. The smallest absolute Gasteiger partial charge is 0.237 e. The summed E-state index contributed by atoms with van der Waals surface area (Å²) in [5.41, 5.74) is 4.36. The quantitative estimate of drug-likeness (QED) is 0.642. The first kappa shape index (κ1) is 14.7. The second-order valence-electron chi connectivity index (χ2n) is 3.80. The number of nitrogens with zero attached hydrogens (tertiary/aromatic N) is 3. The molecule has 0 atom stereocenters. The van der Waals surface area contributed by atoms with Crippen molar-refractivity contribution in [3.63, 3.8) is 0 Å². The first-order valence-corrected chi connectivity index (χ1v) is 6.71. The largest absolute Gasteiger partial charge is 0.275 e. The third-order valence-electron chi connectivity index (χ3n) is 2.20. The lowest BCUT2D eigenvalue weighted by molar-refractivity contribution is 0.865. The lowest BCUT2D eigenvalue weighted by atomic mass is 10.0. The average Bonchev–Trinajstić information content (AvgIpc) is 2.31. The number of nitriles is 2. The summed E-state index contributed by atoms with van der Waals surface area (Å²) < 4.78 is 1.77. The van der Waals surface area contributed by atoms with E-state index in [1.54, 1.807) is 12.1 Å². The summed E-state index contributed by atoms with van der Waals surface area (Å²) in [7, 11) is 0. The third-order valence-corrected chi connectivity index (χ3v) is 3.28. The van der Waals surface area contributed by atoms with Crippen LogP contribution in [0.15, 0.2) is 26.2 Å². The van der Waals surface area contributed by atoms with Gasteiger partial charge in [-0.25, -0.2) is 0 Å². The first-order valence-electron chi connectivity index (χ1n) is 5.12. The van der Waals surface area contributed by atoms with E-state index in [2.05, 4.69) is 56.2 Å². The van der Waals surface area contributed by atoms with Crippen molar-refractivity contribution < 1.29 is 0 Å². The number of hydrogen-bond donors (Lipinski definition) is 1. The van der Waals surface area contributed by atoms with Crippen molar-refractivity contribution in [2.45, 2.75) is 19.8 Å². The van der Waals surface area contributed by atoms with E-state index in [-0.39, 0.29) is 11.6 Å². The number of nitrogens with one attached hydrogen (secondary N) is 1. The molecule has 6 heteroatoms. The highest BCUT2D eigenvalue weighted by Crippen LogP contribution is 2.34. The molecule has 0 radical (unpaired) electrons. The van der Waals surface area contributed by atoms with Crippen LogP contribution in [0.2, 0.25) is 0 Å². The molecule has 0 heterocycles. The van der Waals surface area contributed by atoms with E-state index in [0.717, 1.165) is 20.2 Å². The van der Waals surface area contributed by atoms with E-state index < -0.39 is 0 Å². The van der Waals surface area contributed by atoms with Crippen LogP contribution in [-0.4, -0.2) is 5.71 Å². The van der Waals surface area contributed by atoms with Gasteiger partial charge in [-0.05, 0) is 39.5 Å². The molecule has 0 saturated heterocycles. The van der Waals surface area contributed by atoms with Gasteiger partial charge in [-0.3, -0.25) is 5.43 Å². The minimum atomic E-state index is -0.209. The van der Waals surface area contributed by atoms with Crippen molar-refractivity contribution in [1.82, 2.24) is 0 Å². The maximum Gasteiger partial charge on any atom is 0.237 e. The zero-order valence-electron chi connectivity index (χ0n) is 9.83. The zero-order chi connectivity index (χ0) is 13.7. The molecule has 92 valence electrons. The number of hydrazone groups is 1. The zero-order valence-corrected chi connectivity index (χ0v) is 13.0. The van der Waals surface area contributed by atoms with Crippen molar-refractivity contribution in [3.05, 3.63) is 26.6 Å². The molecule has 0 fully saturated rings. The Kier molecular flexibility index (Phi) is 5.33. The van der Waals surface area contributed by atoms with Crippen molar-refractivity contribution in [2.24, 2.45) is 5.10 Å². The summed E-state index contributed by atoms with van der Waals surface area (Å²) in [6, 6.07) is 7.26. The van der Waals surface area contributed by atoms with Crippen LogP contribution in [-0.2, 0) is 0 Å². The minimum absolute atomic E-state index is 0.209. The van der Waals surface area contributed by atoms with Gasteiger partial charge in [0.25, 0.3) is 0 Å². The molecule has 0 bridgehead atoms. The van der Waals surface area contributed by atoms with Crippen LogP contribution < -0.4 is 5.43 Å². The van der Waals surface area contributed by atoms with Crippen LogP contribution in [0.5, 0.6) is 0 Å². The van der Waals surface area contributed by atoms with E-state index in [1.807, 2.05) is 12.1 Å². The Morgan fingerprint density at radius 2 is 1.89 bits per heavy atom. The molecule has 0 aliphatic carbocycles. The van der Waals surface area contributed by atoms with Crippen LogP contribution in [0.1, 0.15) is 25.3 Å². The molecule has 0 unspecified atom stereocenters. The Hall–Kier alpha value is -1.37. The highest BCUT2D eigenvalue weighted by molar-refractivity contribution is 9.11. The predicted octanol–water partition coefficient (Wildman–Crippen LogP) is 4.15. The van der Waals surface area contributed by atoms with Gasteiger partial charge >= 0.3 is 0 Å². The molecule has 4 nitrogen and oxygen atoms in total. The van der Waals surface area contributed by atoms with E-state index in [0.29, 0.717) is 0 Å². The summed E-state index contributed by atoms with van der Waals surface area (Å²) in [6.07, 6.45) is 0. The van der Waals surface area contributed by atoms with Gasteiger partial charge in [-0.1, -0.05) is 29.8 Å². The van der Waals surface area contributed by atoms with Gasteiger partial charge < -0.3 is 0 Å². The van der Waals surface area contributed by atoms with Crippen LogP contribution in [0.3, 0.4) is 0 Å². The molecule has 18 heavy (non-hydrogen) atoms. The molecule has 0 aliphatic rings. The van der Waals surface area contributed by atoms with Crippen LogP contribution in [0.25, 0.3) is 0 Å². The summed E-state index contributed by atoms with van der Waals surface area (Å²) in [5.74, 6) is 0.282. The van der Waals surface area contributed by atoms with E-state index in [1.165, 1.54) is 0 Å². The minimum Gasteiger partial charge on any atom is -0.275 e. The summed E-state index contributed by atoms with van der Waals surface area (Å²) in [6.45, 7) is 4.11. The van der Waals surface area contributed by atoms with Gasteiger partial charge in [0, 0.05) is 8.95 Å².